The molecule has 1 N–H and O–H groups in total. The molecule has 0 aliphatic carbocycles. The van der Waals surface area contributed by atoms with Gasteiger partial charge in [0.05, 0.1) is 6.54 Å². The molecule has 1 aromatic heterocycles. The van der Waals surface area contributed by atoms with E-state index in [0.29, 0.717) is 6.04 Å². The summed E-state index contributed by atoms with van der Waals surface area (Å²) in [6.45, 7) is 4.06. The van der Waals surface area contributed by atoms with Crippen molar-refractivity contribution >= 4 is 11.6 Å². The van der Waals surface area contributed by atoms with Crippen molar-refractivity contribution < 1.29 is 9.52 Å². The molecule has 0 radical (unpaired) electrons. The van der Waals surface area contributed by atoms with Crippen LogP contribution in [0, 0.1) is 0 Å². The van der Waals surface area contributed by atoms with E-state index in [1.54, 1.807) is 0 Å². The zero-order valence-electron chi connectivity index (χ0n) is 13.4. The monoisotopic (exact) mass is 334 g/mol. The van der Waals surface area contributed by atoms with Crippen molar-refractivity contribution in [2.24, 2.45) is 0 Å². The summed E-state index contributed by atoms with van der Waals surface area (Å²) in [6, 6.07) is 12.2. The standard InChI is InChI=1S/C18H23ClN2O2/c1-20-9-10-21(12-16(20)8-11-22)13-17-6-7-18(23-17)14-2-4-15(19)5-3-14/h2-7,16,22H,8-13H2,1H3/t16-/m1/s1. The first-order chi connectivity index (χ1) is 11.2. The maximum Gasteiger partial charge on any atom is 0.134 e. The highest BCUT2D eigenvalue weighted by atomic mass is 35.5. The number of furan rings is 1. The largest absolute Gasteiger partial charge is 0.460 e. The summed E-state index contributed by atoms with van der Waals surface area (Å²) in [5.41, 5.74) is 1.04. The molecule has 1 fully saturated rings. The van der Waals surface area contributed by atoms with E-state index >= 15 is 0 Å². The lowest BCUT2D eigenvalue weighted by Gasteiger charge is -2.39. The lowest BCUT2D eigenvalue weighted by Crippen LogP contribution is -2.51. The van der Waals surface area contributed by atoms with Crippen LogP contribution >= 0.6 is 11.6 Å². The van der Waals surface area contributed by atoms with E-state index in [-0.39, 0.29) is 6.61 Å². The van der Waals surface area contributed by atoms with E-state index < -0.39 is 0 Å². The highest BCUT2D eigenvalue weighted by molar-refractivity contribution is 6.30. The van der Waals surface area contributed by atoms with Crippen LogP contribution in [0.4, 0.5) is 0 Å². The molecule has 1 aliphatic rings. The first-order valence-electron chi connectivity index (χ1n) is 8.04. The minimum Gasteiger partial charge on any atom is -0.460 e. The van der Waals surface area contributed by atoms with Crippen LogP contribution in [0.15, 0.2) is 40.8 Å². The fourth-order valence-electron chi connectivity index (χ4n) is 3.07. The van der Waals surface area contributed by atoms with E-state index in [1.807, 2.05) is 36.4 Å². The third-order valence-corrected chi connectivity index (χ3v) is 4.75. The summed E-state index contributed by atoms with van der Waals surface area (Å²) in [6.07, 6.45) is 0.821. The molecular weight excluding hydrogens is 312 g/mol. The zero-order chi connectivity index (χ0) is 16.2. The molecule has 1 atom stereocenters. The third kappa shape index (κ3) is 4.15. The molecule has 3 rings (SSSR count). The summed E-state index contributed by atoms with van der Waals surface area (Å²) >= 11 is 5.93. The van der Waals surface area contributed by atoms with Crippen LogP contribution in [0.25, 0.3) is 11.3 Å². The van der Waals surface area contributed by atoms with Crippen LogP contribution < -0.4 is 0 Å². The molecule has 0 spiro atoms. The van der Waals surface area contributed by atoms with Crippen LogP contribution in [0.5, 0.6) is 0 Å². The Morgan fingerprint density at radius 2 is 1.96 bits per heavy atom. The number of aliphatic hydroxyl groups is 1. The molecule has 124 valence electrons. The van der Waals surface area contributed by atoms with Gasteiger partial charge in [-0.25, -0.2) is 0 Å². The number of rotatable bonds is 5. The van der Waals surface area contributed by atoms with Crippen molar-refractivity contribution in [2.75, 3.05) is 33.3 Å². The van der Waals surface area contributed by atoms with Crippen molar-refractivity contribution in [3.63, 3.8) is 0 Å². The van der Waals surface area contributed by atoms with Gasteiger partial charge < -0.3 is 14.4 Å². The highest BCUT2D eigenvalue weighted by Gasteiger charge is 2.24. The van der Waals surface area contributed by atoms with Gasteiger partial charge in [0.15, 0.2) is 0 Å². The van der Waals surface area contributed by atoms with Gasteiger partial charge >= 0.3 is 0 Å². The molecule has 4 nitrogen and oxygen atoms in total. The van der Waals surface area contributed by atoms with Gasteiger partial charge in [-0.05, 0) is 49.9 Å². The fraction of sp³-hybridized carbons (Fsp3) is 0.444. The molecule has 2 aromatic rings. The Balaban J connectivity index is 1.63. The van der Waals surface area contributed by atoms with E-state index in [4.69, 9.17) is 16.0 Å². The van der Waals surface area contributed by atoms with Crippen molar-refractivity contribution in [1.82, 2.24) is 9.80 Å². The molecule has 0 unspecified atom stereocenters. The molecule has 0 saturated carbocycles. The lowest BCUT2D eigenvalue weighted by atomic mass is 10.1. The van der Waals surface area contributed by atoms with Crippen molar-refractivity contribution in [3.05, 3.63) is 47.2 Å². The summed E-state index contributed by atoms with van der Waals surface area (Å²) in [4.78, 5) is 4.72. The Hall–Kier alpha value is -1.33. The van der Waals surface area contributed by atoms with E-state index in [0.717, 1.165) is 54.7 Å². The number of hydrogen-bond donors (Lipinski definition) is 1. The lowest BCUT2D eigenvalue weighted by molar-refractivity contribution is 0.0705. The molecule has 1 saturated heterocycles. The average Bonchev–Trinajstić information content (AvgIpc) is 3.00. The van der Waals surface area contributed by atoms with Gasteiger partial charge in [0, 0.05) is 42.9 Å². The van der Waals surface area contributed by atoms with Gasteiger partial charge in [-0.2, -0.15) is 0 Å². The quantitative estimate of drug-likeness (QED) is 0.912. The van der Waals surface area contributed by atoms with Crippen LogP contribution in [0.3, 0.4) is 0 Å². The van der Waals surface area contributed by atoms with Gasteiger partial charge in [-0.15, -0.1) is 0 Å². The molecule has 1 aliphatic heterocycles. The second-order valence-corrected chi connectivity index (χ2v) is 6.59. The van der Waals surface area contributed by atoms with Crippen molar-refractivity contribution in [1.29, 1.82) is 0 Å². The molecule has 0 bridgehead atoms. The van der Waals surface area contributed by atoms with Gasteiger partial charge in [0.1, 0.15) is 11.5 Å². The summed E-state index contributed by atoms with van der Waals surface area (Å²) in [5.74, 6) is 1.85. The minimum absolute atomic E-state index is 0.240. The molecule has 5 heteroatoms. The second kappa shape index (κ2) is 7.49. The number of hydrogen-bond acceptors (Lipinski definition) is 4. The molecule has 0 amide bonds. The summed E-state index contributed by atoms with van der Waals surface area (Å²) < 4.78 is 5.99. The molecular formula is C18H23ClN2O2. The Morgan fingerprint density at radius 1 is 1.17 bits per heavy atom. The smallest absolute Gasteiger partial charge is 0.134 e. The Kier molecular flexibility index (Phi) is 5.38. The molecule has 23 heavy (non-hydrogen) atoms. The highest BCUT2D eigenvalue weighted by Crippen LogP contribution is 2.25. The number of piperazine rings is 1. The van der Waals surface area contributed by atoms with Gasteiger partial charge in [0.2, 0.25) is 0 Å². The first-order valence-corrected chi connectivity index (χ1v) is 8.41. The predicted molar refractivity (Wildman–Crippen MR) is 92.6 cm³/mol. The number of nitrogens with zero attached hydrogens (tertiary/aromatic N) is 2. The topological polar surface area (TPSA) is 39.9 Å². The fourth-order valence-corrected chi connectivity index (χ4v) is 3.19. The molecule has 1 aromatic carbocycles. The van der Waals surface area contributed by atoms with Gasteiger partial charge in [-0.3, -0.25) is 4.90 Å². The van der Waals surface area contributed by atoms with Crippen LogP contribution in [-0.2, 0) is 6.54 Å². The van der Waals surface area contributed by atoms with E-state index in [1.165, 1.54) is 0 Å². The molecule has 2 heterocycles. The van der Waals surface area contributed by atoms with Gasteiger partial charge in [0.25, 0.3) is 0 Å². The van der Waals surface area contributed by atoms with E-state index in [9.17, 15) is 5.11 Å². The second-order valence-electron chi connectivity index (χ2n) is 6.15. The number of benzene rings is 1. The Bertz CT molecular complexity index is 626. The Labute approximate surface area is 142 Å². The van der Waals surface area contributed by atoms with E-state index in [2.05, 4.69) is 16.8 Å². The minimum atomic E-state index is 0.240. The van der Waals surface area contributed by atoms with Crippen LogP contribution in [0.1, 0.15) is 12.2 Å². The summed E-state index contributed by atoms with van der Waals surface area (Å²) in [5, 5.41) is 9.92. The number of likely N-dealkylation sites (N-methyl/N-ethyl adjacent to an activating group) is 1. The third-order valence-electron chi connectivity index (χ3n) is 4.49. The normalized spacial score (nSPS) is 20.0. The number of aliphatic hydroxyl groups excluding tert-OH is 1. The first kappa shape index (κ1) is 16.5. The van der Waals surface area contributed by atoms with Crippen LogP contribution in [-0.4, -0.2) is 54.2 Å². The van der Waals surface area contributed by atoms with Gasteiger partial charge in [-0.1, -0.05) is 11.6 Å². The summed E-state index contributed by atoms with van der Waals surface area (Å²) in [7, 11) is 2.13. The van der Waals surface area contributed by atoms with Crippen LogP contribution in [0.2, 0.25) is 5.02 Å². The number of halogens is 1. The van der Waals surface area contributed by atoms with Crippen molar-refractivity contribution in [2.45, 2.75) is 19.0 Å². The predicted octanol–water partition coefficient (Wildman–Crippen LogP) is 3.10. The zero-order valence-corrected chi connectivity index (χ0v) is 14.2. The maximum absolute atomic E-state index is 9.19. The maximum atomic E-state index is 9.19. The van der Waals surface area contributed by atoms with Crippen molar-refractivity contribution in [3.8, 4) is 11.3 Å². The average molecular weight is 335 g/mol. The Morgan fingerprint density at radius 3 is 2.70 bits per heavy atom. The SMILES string of the molecule is CN1CCN(Cc2ccc(-c3ccc(Cl)cc3)o2)C[C@H]1CCO.